The summed E-state index contributed by atoms with van der Waals surface area (Å²) in [4.78, 5) is 7.83. The fourth-order valence-electron chi connectivity index (χ4n) is 2.03. The van der Waals surface area contributed by atoms with Gasteiger partial charge in [-0.3, -0.25) is 0 Å². The summed E-state index contributed by atoms with van der Waals surface area (Å²) in [5.41, 5.74) is 1.92. The van der Waals surface area contributed by atoms with Crippen LogP contribution in [0, 0.1) is 0 Å². The number of rotatable bonds is 8. The van der Waals surface area contributed by atoms with Crippen LogP contribution in [0.15, 0.2) is 23.4 Å². The predicted molar refractivity (Wildman–Crippen MR) is 82.5 cm³/mol. The van der Waals surface area contributed by atoms with E-state index in [4.69, 9.17) is 9.84 Å². The smallest absolute Gasteiger partial charge is 0.166 e. The van der Waals surface area contributed by atoms with Crippen molar-refractivity contribution in [2.24, 2.45) is 0 Å². The lowest BCUT2D eigenvalue weighted by atomic mass is 10.2. The standard InChI is InChI=1S/C14H21N3O2S/c1-3-15-10(6-7-18)9-20-14-16-12-5-4-11(19-2)8-13(12)17-14/h4-5,8,10,15,18H,3,6-7,9H2,1-2H3,(H,16,17). The summed E-state index contributed by atoms with van der Waals surface area (Å²) in [6, 6.07) is 6.11. The Morgan fingerprint density at radius 1 is 1.50 bits per heavy atom. The number of imidazole rings is 1. The highest BCUT2D eigenvalue weighted by Crippen LogP contribution is 2.23. The minimum Gasteiger partial charge on any atom is -0.497 e. The van der Waals surface area contributed by atoms with E-state index in [-0.39, 0.29) is 6.61 Å². The number of H-pyrrole nitrogens is 1. The summed E-state index contributed by atoms with van der Waals surface area (Å²) in [5.74, 6) is 1.70. The molecule has 3 N–H and O–H groups in total. The topological polar surface area (TPSA) is 70.2 Å². The first kappa shape index (κ1) is 15.2. The average molecular weight is 295 g/mol. The number of fused-ring (bicyclic) bond motifs is 1. The van der Waals surface area contributed by atoms with Crippen LogP contribution in [-0.4, -0.2) is 47.1 Å². The first-order valence-electron chi connectivity index (χ1n) is 6.77. The Kier molecular flexibility index (Phi) is 5.70. The van der Waals surface area contributed by atoms with Crippen molar-refractivity contribution >= 4 is 22.8 Å². The number of ether oxygens (including phenoxy) is 1. The highest BCUT2D eigenvalue weighted by Gasteiger charge is 2.10. The summed E-state index contributed by atoms with van der Waals surface area (Å²) < 4.78 is 5.20. The number of hydrogen-bond acceptors (Lipinski definition) is 5. The quantitative estimate of drug-likeness (QED) is 0.650. The molecule has 0 aliphatic rings. The van der Waals surface area contributed by atoms with E-state index in [0.29, 0.717) is 6.04 Å². The van der Waals surface area contributed by atoms with Gasteiger partial charge in [-0.1, -0.05) is 18.7 Å². The molecule has 0 bridgehead atoms. The molecule has 2 rings (SSSR count). The molecule has 20 heavy (non-hydrogen) atoms. The number of aliphatic hydroxyl groups is 1. The summed E-state index contributed by atoms with van der Waals surface area (Å²) in [5, 5.41) is 13.3. The van der Waals surface area contributed by atoms with Crippen molar-refractivity contribution in [2.45, 2.75) is 24.5 Å². The number of benzene rings is 1. The van der Waals surface area contributed by atoms with Gasteiger partial charge in [0, 0.05) is 24.5 Å². The lowest BCUT2D eigenvalue weighted by Gasteiger charge is -2.15. The van der Waals surface area contributed by atoms with Crippen molar-refractivity contribution in [1.82, 2.24) is 15.3 Å². The fourth-order valence-corrected chi connectivity index (χ4v) is 3.02. The van der Waals surface area contributed by atoms with E-state index in [9.17, 15) is 0 Å². The summed E-state index contributed by atoms with van der Waals surface area (Å²) in [7, 11) is 1.66. The molecular weight excluding hydrogens is 274 g/mol. The number of methoxy groups -OCH3 is 1. The molecule has 1 aromatic carbocycles. The second-order valence-corrected chi connectivity index (χ2v) is 5.51. The van der Waals surface area contributed by atoms with Crippen molar-refractivity contribution < 1.29 is 9.84 Å². The van der Waals surface area contributed by atoms with Crippen LogP contribution in [0.25, 0.3) is 11.0 Å². The van der Waals surface area contributed by atoms with Gasteiger partial charge in [-0.25, -0.2) is 4.98 Å². The Bertz CT molecular complexity index is 538. The number of aromatic nitrogens is 2. The van der Waals surface area contributed by atoms with Gasteiger partial charge < -0.3 is 20.1 Å². The largest absolute Gasteiger partial charge is 0.497 e. The van der Waals surface area contributed by atoms with Gasteiger partial charge in [0.15, 0.2) is 5.16 Å². The van der Waals surface area contributed by atoms with Crippen LogP contribution in [0.5, 0.6) is 5.75 Å². The predicted octanol–water partition coefficient (Wildman–Crippen LogP) is 2.02. The Morgan fingerprint density at radius 3 is 3.05 bits per heavy atom. The molecule has 0 saturated carbocycles. The lowest BCUT2D eigenvalue weighted by Crippen LogP contribution is -2.32. The second-order valence-electron chi connectivity index (χ2n) is 4.50. The molecule has 1 heterocycles. The Labute approximate surface area is 123 Å². The van der Waals surface area contributed by atoms with Gasteiger partial charge in [-0.05, 0) is 25.1 Å². The zero-order valence-corrected chi connectivity index (χ0v) is 12.7. The molecule has 6 heteroatoms. The number of nitrogens with zero attached hydrogens (tertiary/aromatic N) is 1. The average Bonchev–Trinajstić information content (AvgIpc) is 2.87. The molecule has 0 aliphatic carbocycles. The molecule has 0 aliphatic heterocycles. The van der Waals surface area contributed by atoms with E-state index in [1.54, 1.807) is 18.9 Å². The molecule has 1 aromatic heterocycles. The summed E-state index contributed by atoms with van der Waals surface area (Å²) in [6.45, 7) is 3.18. The van der Waals surface area contributed by atoms with Crippen molar-refractivity contribution in [3.63, 3.8) is 0 Å². The van der Waals surface area contributed by atoms with E-state index in [0.717, 1.165) is 40.7 Å². The maximum absolute atomic E-state index is 9.05. The van der Waals surface area contributed by atoms with Crippen LogP contribution in [-0.2, 0) is 0 Å². The molecular formula is C14H21N3O2S. The van der Waals surface area contributed by atoms with Crippen molar-refractivity contribution in [1.29, 1.82) is 0 Å². The van der Waals surface area contributed by atoms with Gasteiger partial charge in [0.1, 0.15) is 5.75 Å². The zero-order valence-electron chi connectivity index (χ0n) is 11.8. The minimum absolute atomic E-state index is 0.204. The van der Waals surface area contributed by atoms with Crippen LogP contribution in [0.3, 0.4) is 0 Å². The normalized spacial score (nSPS) is 12.8. The van der Waals surface area contributed by atoms with E-state index in [1.807, 2.05) is 18.2 Å². The first-order chi connectivity index (χ1) is 9.76. The molecule has 0 fully saturated rings. The van der Waals surface area contributed by atoms with Crippen molar-refractivity contribution in [2.75, 3.05) is 26.0 Å². The van der Waals surface area contributed by atoms with E-state index < -0.39 is 0 Å². The van der Waals surface area contributed by atoms with Gasteiger partial charge in [0.2, 0.25) is 0 Å². The number of aliphatic hydroxyl groups excluding tert-OH is 1. The Hall–Kier alpha value is -1.24. The van der Waals surface area contributed by atoms with Crippen LogP contribution in [0.4, 0.5) is 0 Å². The second kappa shape index (κ2) is 7.52. The van der Waals surface area contributed by atoms with Gasteiger partial charge >= 0.3 is 0 Å². The Morgan fingerprint density at radius 2 is 2.35 bits per heavy atom. The molecule has 1 atom stereocenters. The lowest BCUT2D eigenvalue weighted by molar-refractivity contribution is 0.271. The molecule has 0 spiro atoms. The third-order valence-corrected chi connectivity index (χ3v) is 4.09. The van der Waals surface area contributed by atoms with Gasteiger partial charge in [-0.2, -0.15) is 0 Å². The Balaban J connectivity index is 2.02. The van der Waals surface area contributed by atoms with E-state index >= 15 is 0 Å². The zero-order chi connectivity index (χ0) is 14.4. The molecule has 2 aromatic rings. The molecule has 110 valence electrons. The molecule has 0 amide bonds. The van der Waals surface area contributed by atoms with Crippen LogP contribution in [0.1, 0.15) is 13.3 Å². The minimum atomic E-state index is 0.204. The van der Waals surface area contributed by atoms with Crippen LogP contribution < -0.4 is 10.1 Å². The SMILES string of the molecule is CCNC(CCO)CSc1nc2ccc(OC)cc2[nH]1. The number of aromatic amines is 1. The number of nitrogens with one attached hydrogen (secondary N) is 2. The third kappa shape index (κ3) is 3.88. The van der Waals surface area contributed by atoms with E-state index in [2.05, 4.69) is 22.2 Å². The molecule has 1 unspecified atom stereocenters. The number of thioether (sulfide) groups is 1. The third-order valence-electron chi connectivity index (χ3n) is 3.06. The van der Waals surface area contributed by atoms with Gasteiger partial charge in [0.05, 0.1) is 18.1 Å². The highest BCUT2D eigenvalue weighted by molar-refractivity contribution is 7.99. The first-order valence-corrected chi connectivity index (χ1v) is 7.76. The number of hydrogen-bond donors (Lipinski definition) is 3. The molecule has 5 nitrogen and oxygen atoms in total. The fraction of sp³-hybridized carbons (Fsp3) is 0.500. The highest BCUT2D eigenvalue weighted by atomic mass is 32.2. The van der Waals surface area contributed by atoms with Gasteiger partial charge in [0.25, 0.3) is 0 Å². The molecule has 0 radical (unpaired) electrons. The summed E-state index contributed by atoms with van der Waals surface area (Å²) in [6.07, 6.45) is 0.759. The van der Waals surface area contributed by atoms with Crippen LogP contribution >= 0.6 is 11.8 Å². The van der Waals surface area contributed by atoms with Crippen molar-refractivity contribution in [3.8, 4) is 5.75 Å². The summed E-state index contributed by atoms with van der Waals surface area (Å²) >= 11 is 1.67. The molecule has 0 saturated heterocycles. The maximum Gasteiger partial charge on any atom is 0.166 e. The monoisotopic (exact) mass is 295 g/mol. The van der Waals surface area contributed by atoms with E-state index in [1.165, 1.54) is 0 Å². The van der Waals surface area contributed by atoms with Crippen LogP contribution in [0.2, 0.25) is 0 Å². The maximum atomic E-state index is 9.05. The van der Waals surface area contributed by atoms with Gasteiger partial charge in [-0.15, -0.1) is 0 Å². The van der Waals surface area contributed by atoms with Crippen molar-refractivity contribution in [3.05, 3.63) is 18.2 Å².